The number of nitrogens with zero attached hydrogens (tertiary/aromatic N) is 1. The van der Waals surface area contributed by atoms with Crippen LogP contribution in [0.15, 0.2) is 29.3 Å². The van der Waals surface area contributed by atoms with E-state index < -0.39 is 6.67 Å². The monoisotopic (exact) mass is 165 g/mol. The van der Waals surface area contributed by atoms with Crippen LogP contribution < -0.4 is 0 Å². The van der Waals surface area contributed by atoms with Crippen LogP contribution in [0, 0.1) is 0 Å². The van der Waals surface area contributed by atoms with Crippen molar-refractivity contribution < 1.29 is 9.18 Å². The third-order valence-corrected chi connectivity index (χ3v) is 1.58. The Morgan fingerprint density at radius 2 is 2.00 bits per heavy atom. The van der Waals surface area contributed by atoms with Crippen LogP contribution in [0.3, 0.4) is 0 Å². The molecule has 0 atom stereocenters. The van der Waals surface area contributed by atoms with E-state index in [4.69, 9.17) is 0 Å². The van der Waals surface area contributed by atoms with Gasteiger partial charge in [-0.3, -0.25) is 0 Å². The number of hydrogen-bond acceptors (Lipinski definition) is 2. The highest BCUT2D eigenvalue weighted by molar-refractivity contribution is 5.35. The van der Waals surface area contributed by atoms with E-state index in [2.05, 4.69) is 4.99 Å². The molecule has 0 bridgehead atoms. The van der Waals surface area contributed by atoms with Gasteiger partial charge in [-0.1, -0.05) is 24.3 Å². The molecule has 1 aromatic rings. The van der Waals surface area contributed by atoms with Gasteiger partial charge in [0.25, 0.3) is 0 Å². The number of halogens is 1. The minimum absolute atomic E-state index is 0.212. The average molecular weight is 165 g/mol. The smallest absolute Gasteiger partial charge is 0.235 e. The van der Waals surface area contributed by atoms with Gasteiger partial charge in [0, 0.05) is 0 Å². The molecular formula is C9H8FNO. The summed E-state index contributed by atoms with van der Waals surface area (Å²) in [6, 6.07) is 6.96. The maximum absolute atomic E-state index is 12.3. The van der Waals surface area contributed by atoms with Gasteiger partial charge < -0.3 is 0 Å². The standard InChI is InChI=1S/C9H8FNO/c10-5-8-3-1-2-4-9(8)6-11-7-12/h1-4H,5-6H2. The Labute approximate surface area is 69.7 Å². The fraction of sp³-hybridized carbons (Fsp3) is 0.222. The van der Waals surface area contributed by atoms with E-state index in [0.29, 0.717) is 5.56 Å². The Morgan fingerprint density at radius 1 is 1.33 bits per heavy atom. The second kappa shape index (κ2) is 4.42. The molecule has 12 heavy (non-hydrogen) atoms. The lowest BCUT2D eigenvalue weighted by Crippen LogP contribution is -1.88. The molecular weight excluding hydrogens is 157 g/mol. The van der Waals surface area contributed by atoms with Gasteiger partial charge in [-0.25, -0.2) is 14.2 Å². The second-order valence-electron chi connectivity index (χ2n) is 2.31. The minimum atomic E-state index is -0.523. The van der Waals surface area contributed by atoms with E-state index in [-0.39, 0.29) is 6.54 Å². The van der Waals surface area contributed by atoms with E-state index >= 15 is 0 Å². The first-order valence-electron chi connectivity index (χ1n) is 3.55. The molecule has 2 nitrogen and oxygen atoms in total. The molecule has 0 saturated heterocycles. The van der Waals surface area contributed by atoms with Crippen LogP contribution in [0.4, 0.5) is 4.39 Å². The Balaban J connectivity index is 2.88. The van der Waals surface area contributed by atoms with Gasteiger partial charge >= 0.3 is 0 Å². The van der Waals surface area contributed by atoms with Crippen LogP contribution in [-0.4, -0.2) is 6.08 Å². The molecule has 0 aliphatic heterocycles. The lowest BCUT2D eigenvalue weighted by Gasteiger charge is -2.00. The van der Waals surface area contributed by atoms with Crippen molar-refractivity contribution in [1.82, 2.24) is 0 Å². The van der Waals surface area contributed by atoms with Crippen molar-refractivity contribution in [3.8, 4) is 0 Å². The Hall–Kier alpha value is -1.47. The van der Waals surface area contributed by atoms with E-state index in [1.807, 2.05) is 0 Å². The number of rotatable bonds is 3. The van der Waals surface area contributed by atoms with Gasteiger partial charge in [-0.2, -0.15) is 0 Å². The SMILES string of the molecule is O=C=NCc1ccccc1CF. The van der Waals surface area contributed by atoms with E-state index in [1.54, 1.807) is 24.3 Å². The summed E-state index contributed by atoms with van der Waals surface area (Å²) in [5.74, 6) is 0. The van der Waals surface area contributed by atoms with Crippen molar-refractivity contribution in [2.45, 2.75) is 13.2 Å². The quantitative estimate of drug-likeness (QED) is 0.497. The van der Waals surface area contributed by atoms with Crippen LogP contribution in [0.2, 0.25) is 0 Å². The number of carbonyl (C=O) groups excluding carboxylic acids is 1. The van der Waals surface area contributed by atoms with Crippen molar-refractivity contribution in [2.24, 2.45) is 4.99 Å². The third-order valence-electron chi connectivity index (χ3n) is 1.58. The lowest BCUT2D eigenvalue weighted by molar-refractivity contribution is 0.482. The summed E-state index contributed by atoms with van der Waals surface area (Å²) in [7, 11) is 0. The van der Waals surface area contributed by atoms with Crippen molar-refractivity contribution in [3.05, 3.63) is 35.4 Å². The molecule has 1 rings (SSSR count). The summed E-state index contributed by atoms with van der Waals surface area (Å²) in [6.07, 6.45) is 1.42. The predicted octanol–water partition coefficient (Wildman–Crippen LogP) is 1.99. The number of isocyanates is 1. The molecule has 0 aromatic heterocycles. The molecule has 0 saturated carbocycles. The van der Waals surface area contributed by atoms with Gasteiger partial charge in [-0.15, -0.1) is 0 Å². The number of hydrogen-bond donors (Lipinski definition) is 0. The minimum Gasteiger partial charge on any atom is -0.246 e. The Morgan fingerprint density at radius 3 is 2.58 bits per heavy atom. The molecule has 0 heterocycles. The summed E-state index contributed by atoms with van der Waals surface area (Å²) in [5.41, 5.74) is 1.32. The molecule has 0 aliphatic carbocycles. The molecule has 3 heteroatoms. The second-order valence-corrected chi connectivity index (χ2v) is 2.31. The van der Waals surface area contributed by atoms with Gasteiger partial charge in [0.05, 0.1) is 6.54 Å². The number of aliphatic imine (C=N–C) groups is 1. The van der Waals surface area contributed by atoms with E-state index in [1.165, 1.54) is 6.08 Å². The van der Waals surface area contributed by atoms with Crippen LogP contribution in [-0.2, 0) is 18.0 Å². The first kappa shape index (κ1) is 8.62. The van der Waals surface area contributed by atoms with Gasteiger partial charge in [0.15, 0.2) is 0 Å². The summed E-state index contributed by atoms with van der Waals surface area (Å²) >= 11 is 0. The molecule has 0 spiro atoms. The zero-order valence-corrected chi connectivity index (χ0v) is 6.46. The topological polar surface area (TPSA) is 29.4 Å². The van der Waals surface area contributed by atoms with Gasteiger partial charge in [0.1, 0.15) is 6.67 Å². The highest BCUT2D eigenvalue weighted by Gasteiger charge is 1.98. The van der Waals surface area contributed by atoms with Gasteiger partial charge in [-0.05, 0) is 11.1 Å². The predicted molar refractivity (Wildman–Crippen MR) is 43.1 cm³/mol. The Bertz CT molecular complexity index is 305. The highest BCUT2D eigenvalue weighted by atomic mass is 19.1. The molecule has 62 valence electrons. The zero-order valence-electron chi connectivity index (χ0n) is 6.46. The van der Waals surface area contributed by atoms with Crippen LogP contribution in [0.1, 0.15) is 11.1 Å². The van der Waals surface area contributed by atoms with E-state index in [0.717, 1.165) is 5.56 Å². The fourth-order valence-electron chi connectivity index (χ4n) is 0.960. The maximum atomic E-state index is 12.3. The van der Waals surface area contributed by atoms with E-state index in [9.17, 15) is 9.18 Å². The zero-order chi connectivity index (χ0) is 8.81. The summed E-state index contributed by atoms with van der Waals surface area (Å²) < 4.78 is 12.3. The van der Waals surface area contributed by atoms with Crippen LogP contribution in [0.5, 0.6) is 0 Å². The van der Waals surface area contributed by atoms with Crippen molar-refractivity contribution in [1.29, 1.82) is 0 Å². The van der Waals surface area contributed by atoms with Crippen LogP contribution >= 0.6 is 0 Å². The molecule has 0 amide bonds. The highest BCUT2D eigenvalue weighted by Crippen LogP contribution is 2.10. The molecule has 0 radical (unpaired) electrons. The van der Waals surface area contributed by atoms with Crippen molar-refractivity contribution in [2.75, 3.05) is 0 Å². The molecule has 0 unspecified atom stereocenters. The molecule has 0 N–H and O–H groups in total. The number of alkyl halides is 1. The van der Waals surface area contributed by atoms with Crippen molar-refractivity contribution in [3.63, 3.8) is 0 Å². The Kier molecular flexibility index (Phi) is 3.17. The maximum Gasteiger partial charge on any atom is 0.235 e. The van der Waals surface area contributed by atoms with Crippen molar-refractivity contribution >= 4 is 6.08 Å². The van der Waals surface area contributed by atoms with Crippen LogP contribution in [0.25, 0.3) is 0 Å². The number of benzene rings is 1. The first-order valence-corrected chi connectivity index (χ1v) is 3.55. The van der Waals surface area contributed by atoms with Gasteiger partial charge in [0.2, 0.25) is 6.08 Å². The molecule has 0 fully saturated rings. The third kappa shape index (κ3) is 2.01. The summed E-state index contributed by atoms with van der Waals surface area (Å²) in [6.45, 7) is -0.311. The summed E-state index contributed by atoms with van der Waals surface area (Å²) in [5, 5.41) is 0. The summed E-state index contributed by atoms with van der Waals surface area (Å²) in [4.78, 5) is 13.2. The average Bonchev–Trinajstić information content (AvgIpc) is 2.15. The molecule has 0 aliphatic rings. The first-order chi connectivity index (χ1) is 5.88. The normalized spacial score (nSPS) is 9.08. The largest absolute Gasteiger partial charge is 0.246 e. The lowest BCUT2D eigenvalue weighted by atomic mass is 10.1. The fourth-order valence-corrected chi connectivity index (χ4v) is 0.960. The molecule has 1 aromatic carbocycles.